The van der Waals surface area contributed by atoms with E-state index in [1.54, 1.807) is 0 Å². The Morgan fingerprint density at radius 2 is 2.06 bits per heavy atom. The van der Waals surface area contributed by atoms with E-state index >= 15 is 0 Å². The topological polar surface area (TPSA) is 65.7 Å². The molecule has 5 nitrogen and oxygen atoms in total. The third kappa shape index (κ3) is 3.09. The Balaban J connectivity index is 1.84. The molecule has 0 spiro atoms. The Morgan fingerprint density at radius 1 is 1.31 bits per heavy atom. The number of nitrogens with two attached hydrogens (primary N) is 1. The zero-order valence-electron chi connectivity index (χ0n) is 10.1. The third-order valence-electron chi connectivity index (χ3n) is 3.51. The number of hydrogen-bond acceptors (Lipinski definition) is 3. The van der Waals surface area contributed by atoms with E-state index in [4.69, 9.17) is 5.84 Å². The maximum Gasteiger partial charge on any atom is 0.206 e. The van der Waals surface area contributed by atoms with Crippen LogP contribution in [0.1, 0.15) is 32.1 Å². The molecule has 0 aromatic rings. The molecule has 2 fully saturated rings. The third-order valence-corrected chi connectivity index (χ3v) is 3.51. The van der Waals surface area contributed by atoms with Crippen LogP contribution in [-0.2, 0) is 0 Å². The van der Waals surface area contributed by atoms with Gasteiger partial charge in [0.15, 0.2) is 0 Å². The van der Waals surface area contributed by atoms with Gasteiger partial charge in [-0.2, -0.15) is 0 Å². The van der Waals surface area contributed by atoms with Gasteiger partial charge < -0.3 is 10.2 Å². The molecule has 2 aliphatic rings. The normalized spacial score (nSPS) is 28.6. The molecule has 0 bridgehead atoms. The number of hydrazine groups is 1. The van der Waals surface area contributed by atoms with E-state index in [2.05, 4.69) is 27.7 Å². The summed E-state index contributed by atoms with van der Waals surface area (Å²) in [6, 6.07) is 0.957. The van der Waals surface area contributed by atoms with Crippen molar-refractivity contribution in [1.82, 2.24) is 15.6 Å². The number of guanidine groups is 1. The van der Waals surface area contributed by atoms with Crippen molar-refractivity contribution in [2.45, 2.75) is 44.2 Å². The van der Waals surface area contributed by atoms with Crippen molar-refractivity contribution in [2.75, 3.05) is 20.1 Å². The molecule has 1 heterocycles. The standard InChI is InChI=1S/C11H23N5/c1-16-7-6-10(8-16)14-11(15-12)13-9-4-2-3-5-9/h9-10H,2-8,12H2,1H3,(H2,13,14,15). The lowest BCUT2D eigenvalue weighted by atomic mass is 10.2. The van der Waals surface area contributed by atoms with Crippen LogP contribution in [0.25, 0.3) is 0 Å². The first kappa shape index (κ1) is 11.7. The summed E-state index contributed by atoms with van der Waals surface area (Å²) in [4.78, 5) is 6.95. The predicted molar refractivity (Wildman–Crippen MR) is 66.1 cm³/mol. The van der Waals surface area contributed by atoms with Crippen LogP contribution in [0.15, 0.2) is 4.99 Å². The molecule has 1 aliphatic carbocycles. The van der Waals surface area contributed by atoms with Gasteiger partial charge in [0.05, 0.1) is 6.04 Å². The molecule has 0 aromatic carbocycles. The van der Waals surface area contributed by atoms with E-state index < -0.39 is 0 Å². The Morgan fingerprint density at radius 3 is 2.62 bits per heavy atom. The van der Waals surface area contributed by atoms with Crippen molar-refractivity contribution in [3.63, 3.8) is 0 Å². The molecule has 1 unspecified atom stereocenters. The molecule has 5 heteroatoms. The Labute approximate surface area is 97.4 Å². The van der Waals surface area contributed by atoms with Crippen molar-refractivity contribution in [3.05, 3.63) is 0 Å². The largest absolute Gasteiger partial charge is 0.351 e. The van der Waals surface area contributed by atoms with Gasteiger partial charge in [0, 0.05) is 12.6 Å². The quantitative estimate of drug-likeness (QED) is 0.269. The van der Waals surface area contributed by atoms with E-state index in [9.17, 15) is 0 Å². The monoisotopic (exact) mass is 225 g/mol. The maximum atomic E-state index is 5.51. The van der Waals surface area contributed by atoms with Gasteiger partial charge in [0.25, 0.3) is 0 Å². The highest BCUT2D eigenvalue weighted by molar-refractivity contribution is 5.79. The fraction of sp³-hybridized carbons (Fsp3) is 0.909. The highest BCUT2D eigenvalue weighted by Gasteiger charge is 2.21. The molecule has 16 heavy (non-hydrogen) atoms. The van der Waals surface area contributed by atoms with Crippen LogP contribution in [-0.4, -0.2) is 43.1 Å². The van der Waals surface area contributed by atoms with E-state index in [1.807, 2.05) is 0 Å². The predicted octanol–water partition coefficient (Wildman–Crippen LogP) is 0.0420. The summed E-state index contributed by atoms with van der Waals surface area (Å²) < 4.78 is 0. The molecule has 1 aliphatic heterocycles. The lowest BCUT2D eigenvalue weighted by molar-refractivity contribution is 0.406. The van der Waals surface area contributed by atoms with E-state index in [0.29, 0.717) is 12.1 Å². The molecule has 92 valence electrons. The summed E-state index contributed by atoms with van der Waals surface area (Å²) in [6.07, 6.45) is 6.19. The van der Waals surface area contributed by atoms with Crippen LogP contribution in [0.4, 0.5) is 0 Å². The van der Waals surface area contributed by atoms with Crippen LogP contribution in [0.5, 0.6) is 0 Å². The average Bonchev–Trinajstić information content (AvgIpc) is 2.89. The first-order valence-corrected chi connectivity index (χ1v) is 6.27. The number of rotatable bonds is 2. The molecule has 0 amide bonds. The van der Waals surface area contributed by atoms with Gasteiger partial charge in [0.1, 0.15) is 0 Å². The van der Waals surface area contributed by atoms with Gasteiger partial charge in [-0.25, -0.2) is 10.8 Å². The lowest BCUT2D eigenvalue weighted by Crippen LogP contribution is -2.47. The Bertz CT molecular complexity index is 247. The molecule has 2 rings (SSSR count). The average molecular weight is 225 g/mol. The summed E-state index contributed by atoms with van der Waals surface area (Å²) in [6.45, 7) is 2.23. The minimum absolute atomic E-state index is 0.470. The SMILES string of the molecule is CN1CCC(NC(=NC2CCCC2)NN)C1. The second kappa shape index (κ2) is 5.50. The van der Waals surface area contributed by atoms with Crippen molar-refractivity contribution < 1.29 is 0 Å². The summed E-state index contributed by atoms with van der Waals surface area (Å²) in [5, 5.41) is 3.40. The number of aliphatic imine (C=N–C) groups is 1. The van der Waals surface area contributed by atoms with Gasteiger partial charge in [0.2, 0.25) is 5.96 Å². The van der Waals surface area contributed by atoms with Crippen LogP contribution in [0.2, 0.25) is 0 Å². The molecular formula is C11H23N5. The molecular weight excluding hydrogens is 202 g/mol. The van der Waals surface area contributed by atoms with Gasteiger partial charge in [-0.1, -0.05) is 12.8 Å². The van der Waals surface area contributed by atoms with Crippen LogP contribution < -0.4 is 16.6 Å². The second-order valence-electron chi connectivity index (χ2n) is 4.95. The molecule has 4 N–H and O–H groups in total. The van der Waals surface area contributed by atoms with E-state index in [-0.39, 0.29) is 0 Å². The number of likely N-dealkylation sites (N-methyl/N-ethyl adjacent to an activating group) is 1. The fourth-order valence-corrected chi connectivity index (χ4v) is 2.58. The molecule has 1 atom stereocenters. The molecule has 1 saturated heterocycles. The first-order valence-electron chi connectivity index (χ1n) is 6.27. The number of nitrogens with one attached hydrogen (secondary N) is 2. The second-order valence-corrected chi connectivity index (χ2v) is 4.95. The Hall–Kier alpha value is -0.810. The van der Waals surface area contributed by atoms with Gasteiger partial charge >= 0.3 is 0 Å². The van der Waals surface area contributed by atoms with Crippen molar-refractivity contribution in [2.24, 2.45) is 10.8 Å². The maximum absolute atomic E-state index is 5.51. The van der Waals surface area contributed by atoms with Crippen LogP contribution in [0, 0.1) is 0 Å². The van der Waals surface area contributed by atoms with Gasteiger partial charge in [-0.05, 0) is 32.9 Å². The number of hydrogen-bond donors (Lipinski definition) is 3. The summed E-state index contributed by atoms with van der Waals surface area (Å²) >= 11 is 0. The zero-order chi connectivity index (χ0) is 11.4. The number of nitrogens with zero attached hydrogens (tertiary/aromatic N) is 2. The summed E-state index contributed by atoms with van der Waals surface area (Å²) in [5.74, 6) is 6.28. The Kier molecular flexibility index (Phi) is 4.01. The molecule has 0 aromatic heterocycles. The van der Waals surface area contributed by atoms with Crippen LogP contribution in [0.3, 0.4) is 0 Å². The summed E-state index contributed by atoms with van der Waals surface area (Å²) in [7, 11) is 2.14. The smallest absolute Gasteiger partial charge is 0.206 e. The van der Waals surface area contributed by atoms with Crippen molar-refractivity contribution in [3.8, 4) is 0 Å². The van der Waals surface area contributed by atoms with E-state index in [0.717, 1.165) is 19.0 Å². The van der Waals surface area contributed by atoms with Crippen LogP contribution >= 0.6 is 0 Å². The number of likely N-dealkylation sites (tertiary alicyclic amines) is 1. The van der Waals surface area contributed by atoms with E-state index in [1.165, 1.54) is 32.1 Å². The summed E-state index contributed by atoms with van der Waals surface area (Å²) in [5.41, 5.74) is 2.69. The molecule has 1 saturated carbocycles. The van der Waals surface area contributed by atoms with Gasteiger partial charge in [-0.15, -0.1) is 0 Å². The highest BCUT2D eigenvalue weighted by Crippen LogP contribution is 2.20. The lowest BCUT2D eigenvalue weighted by Gasteiger charge is -2.17. The first-order chi connectivity index (χ1) is 7.78. The van der Waals surface area contributed by atoms with Crippen molar-refractivity contribution >= 4 is 5.96 Å². The van der Waals surface area contributed by atoms with Gasteiger partial charge in [-0.3, -0.25) is 5.43 Å². The minimum atomic E-state index is 0.470. The minimum Gasteiger partial charge on any atom is -0.351 e. The van der Waals surface area contributed by atoms with Crippen molar-refractivity contribution in [1.29, 1.82) is 0 Å². The molecule has 0 radical (unpaired) electrons. The zero-order valence-corrected chi connectivity index (χ0v) is 10.1. The highest BCUT2D eigenvalue weighted by atomic mass is 15.3. The fourth-order valence-electron chi connectivity index (χ4n) is 2.58.